The first-order chi connectivity index (χ1) is 10.5. The van der Waals surface area contributed by atoms with Crippen LogP contribution in [0.2, 0.25) is 0 Å². The number of amides is 1. The van der Waals surface area contributed by atoms with E-state index in [2.05, 4.69) is 22.9 Å². The van der Waals surface area contributed by atoms with Crippen molar-refractivity contribution in [3.05, 3.63) is 0 Å². The highest BCUT2D eigenvalue weighted by atomic mass is 16.3. The van der Waals surface area contributed by atoms with Crippen molar-refractivity contribution < 1.29 is 9.90 Å². The number of β-amino-alcohol motifs (C(OH)–C–C–N with tert-alkyl or cyclic N) is 1. The van der Waals surface area contributed by atoms with Gasteiger partial charge in [0.05, 0.1) is 12.2 Å². The van der Waals surface area contributed by atoms with Gasteiger partial charge in [-0.2, -0.15) is 5.26 Å². The summed E-state index contributed by atoms with van der Waals surface area (Å²) in [4.78, 5) is 18.6. The molecule has 1 saturated carbocycles. The Hall–Kier alpha value is -1.16. The fraction of sp³-hybridized carbons (Fsp3) is 0.875. The van der Waals surface area contributed by atoms with Crippen molar-refractivity contribution in [1.29, 1.82) is 5.26 Å². The zero-order chi connectivity index (χ0) is 16.2. The van der Waals surface area contributed by atoms with Crippen LogP contribution in [0.3, 0.4) is 0 Å². The van der Waals surface area contributed by atoms with E-state index in [1.54, 1.807) is 11.9 Å². The Morgan fingerprint density at radius 1 is 1.32 bits per heavy atom. The maximum atomic E-state index is 12.5. The molecular formula is C16H28N4O2. The number of aliphatic hydroxyl groups is 1. The quantitative estimate of drug-likeness (QED) is 0.782. The topological polar surface area (TPSA) is 70.8 Å². The second kappa shape index (κ2) is 7.40. The van der Waals surface area contributed by atoms with E-state index in [-0.39, 0.29) is 5.91 Å². The number of carbonyl (C=O) groups is 1. The lowest BCUT2D eigenvalue weighted by Gasteiger charge is -2.34. The van der Waals surface area contributed by atoms with Crippen LogP contribution < -0.4 is 0 Å². The molecule has 0 aromatic rings. The second-order valence-electron chi connectivity index (χ2n) is 6.84. The number of hydrogen-bond donors (Lipinski definition) is 1. The molecule has 1 atom stereocenters. The summed E-state index contributed by atoms with van der Waals surface area (Å²) in [6, 6.07) is 2.23. The third kappa shape index (κ3) is 3.97. The van der Waals surface area contributed by atoms with Gasteiger partial charge in [0.1, 0.15) is 5.41 Å². The van der Waals surface area contributed by atoms with Crippen molar-refractivity contribution in [2.75, 3.05) is 53.4 Å². The van der Waals surface area contributed by atoms with Gasteiger partial charge in [0.2, 0.25) is 5.91 Å². The fourth-order valence-corrected chi connectivity index (χ4v) is 3.50. The molecule has 1 aliphatic carbocycles. The SMILES string of the molecule is CN1CCN(CC(O)CN(C)C(=O)C2(C#N)CCCC2)CC1. The highest BCUT2D eigenvalue weighted by molar-refractivity contribution is 5.85. The Morgan fingerprint density at radius 2 is 1.91 bits per heavy atom. The van der Waals surface area contributed by atoms with Gasteiger partial charge in [-0.1, -0.05) is 12.8 Å². The van der Waals surface area contributed by atoms with Crippen LogP contribution in [0.25, 0.3) is 0 Å². The molecule has 22 heavy (non-hydrogen) atoms. The molecule has 0 spiro atoms. The van der Waals surface area contributed by atoms with Gasteiger partial charge in [-0.05, 0) is 19.9 Å². The Kier molecular flexibility index (Phi) is 5.79. The highest BCUT2D eigenvalue weighted by Gasteiger charge is 2.43. The minimum absolute atomic E-state index is 0.120. The van der Waals surface area contributed by atoms with E-state index in [4.69, 9.17) is 0 Å². The summed E-state index contributed by atoms with van der Waals surface area (Å²) >= 11 is 0. The molecule has 6 heteroatoms. The molecular weight excluding hydrogens is 280 g/mol. The smallest absolute Gasteiger partial charge is 0.242 e. The van der Waals surface area contributed by atoms with Crippen LogP contribution in [0.5, 0.6) is 0 Å². The van der Waals surface area contributed by atoms with Gasteiger partial charge in [0.15, 0.2) is 0 Å². The molecule has 1 aliphatic heterocycles. The van der Waals surface area contributed by atoms with Crippen LogP contribution in [0, 0.1) is 16.7 Å². The molecule has 2 aliphatic rings. The Balaban J connectivity index is 1.82. The summed E-state index contributed by atoms with van der Waals surface area (Å²) in [7, 11) is 3.80. The molecule has 0 aromatic carbocycles. The van der Waals surface area contributed by atoms with Crippen molar-refractivity contribution in [1.82, 2.24) is 14.7 Å². The van der Waals surface area contributed by atoms with Gasteiger partial charge < -0.3 is 14.9 Å². The lowest BCUT2D eigenvalue weighted by Crippen LogP contribution is -2.50. The number of likely N-dealkylation sites (N-methyl/N-ethyl adjacent to an activating group) is 2. The molecule has 1 heterocycles. The van der Waals surface area contributed by atoms with E-state index < -0.39 is 11.5 Å². The molecule has 1 N–H and O–H groups in total. The summed E-state index contributed by atoms with van der Waals surface area (Å²) in [5.74, 6) is -0.120. The molecule has 0 aromatic heterocycles. The van der Waals surface area contributed by atoms with Crippen LogP contribution in [-0.2, 0) is 4.79 Å². The lowest BCUT2D eigenvalue weighted by atomic mass is 9.86. The third-order valence-corrected chi connectivity index (χ3v) is 4.98. The number of nitrogens with zero attached hydrogens (tertiary/aromatic N) is 4. The van der Waals surface area contributed by atoms with Gasteiger partial charge in [0, 0.05) is 46.3 Å². The maximum Gasteiger partial charge on any atom is 0.242 e. The number of nitriles is 1. The van der Waals surface area contributed by atoms with Crippen LogP contribution in [0.1, 0.15) is 25.7 Å². The average Bonchev–Trinajstić information content (AvgIpc) is 2.99. The van der Waals surface area contributed by atoms with Gasteiger partial charge in [-0.25, -0.2) is 0 Å². The predicted molar refractivity (Wildman–Crippen MR) is 84.1 cm³/mol. The number of hydrogen-bond acceptors (Lipinski definition) is 5. The highest BCUT2D eigenvalue weighted by Crippen LogP contribution is 2.38. The van der Waals surface area contributed by atoms with Gasteiger partial charge >= 0.3 is 0 Å². The normalized spacial score (nSPS) is 23.9. The van der Waals surface area contributed by atoms with E-state index in [1.807, 2.05) is 0 Å². The van der Waals surface area contributed by atoms with Gasteiger partial charge in [0.25, 0.3) is 0 Å². The minimum Gasteiger partial charge on any atom is -0.390 e. The van der Waals surface area contributed by atoms with Crippen LogP contribution >= 0.6 is 0 Å². The maximum absolute atomic E-state index is 12.5. The molecule has 2 fully saturated rings. The molecule has 1 saturated heterocycles. The molecule has 124 valence electrons. The molecule has 1 amide bonds. The van der Waals surface area contributed by atoms with Crippen LogP contribution in [0.15, 0.2) is 0 Å². The van der Waals surface area contributed by atoms with E-state index in [1.165, 1.54) is 0 Å². The first kappa shape index (κ1) is 17.2. The molecule has 0 radical (unpaired) electrons. The van der Waals surface area contributed by atoms with Crippen molar-refractivity contribution in [3.8, 4) is 6.07 Å². The van der Waals surface area contributed by atoms with E-state index in [0.717, 1.165) is 39.0 Å². The summed E-state index contributed by atoms with van der Waals surface area (Å²) in [5, 5.41) is 19.6. The average molecular weight is 308 g/mol. The third-order valence-electron chi connectivity index (χ3n) is 4.98. The van der Waals surface area contributed by atoms with E-state index in [9.17, 15) is 15.2 Å². The fourth-order valence-electron chi connectivity index (χ4n) is 3.50. The summed E-state index contributed by atoms with van der Waals surface area (Å²) in [6.07, 6.45) is 2.63. The monoisotopic (exact) mass is 308 g/mol. The Morgan fingerprint density at radius 3 is 2.45 bits per heavy atom. The minimum atomic E-state index is -0.845. The number of piperazine rings is 1. The number of rotatable bonds is 5. The standard InChI is InChI=1S/C16H28N4O2/c1-18-7-9-20(10-8-18)12-14(21)11-19(2)15(22)16(13-17)5-3-4-6-16/h14,21H,3-12H2,1-2H3. The molecule has 1 unspecified atom stereocenters. The van der Waals surface area contributed by atoms with Gasteiger partial charge in [-0.15, -0.1) is 0 Å². The Bertz CT molecular complexity index is 420. The van der Waals surface area contributed by atoms with E-state index >= 15 is 0 Å². The number of aliphatic hydroxyl groups excluding tert-OH is 1. The second-order valence-corrected chi connectivity index (χ2v) is 6.84. The zero-order valence-corrected chi connectivity index (χ0v) is 13.8. The molecule has 6 nitrogen and oxygen atoms in total. The molecule has 2 rings (SSSR count). The number of carbonyl (C=O) groups excluding carboxylic acids is 1. The Labute approximate surface area is 133 Å². The first-order valence-electron chi connectivity index (χ1n) is 8.22. The first-order valence-corrected chi connectivity index (χ1v) is 8.22. The van der Waals surface area contributed by atoms with Crippen molar-refractivity contribution in [2.24, 2.45) is 5.41 Å². The van der Waals surface area contributed by atoms with Gasteiger partial charge in [-0.3, -0.25) is 9.69 Å². The van der Waals surface area contributed by atoms with E-state index in [0.29, 0.717) is 25.9 Å². The summed E-state index contributed by atoms with van der Waals surface area (Å²) in [6.45, 7) is 4.82. The van der Waals surface area contributed by atoms with Crippen molar-refractivity contribution >= 4 is 5.91 Å². The molecule has 0 bridgehead atoms. The van der Waals surface area contributed by atoms with Crippen LogP contribution in [-0.4, -0.2) is 85.2 Å². The zero-order valence-electron chi connectivity index (χ0n) is 13.8. The largest absolute Gasteiger partial charge is 0.390 e. The predicted octanol–water partition coefficient (Wildman–Crippen LogP) is 0.137. The van der Waals surface area contributed by atoms with Crippen molar-refractivity contribution in [3.63, 3.8) is 0 Å². The van der Waals surface area contributed by atoms with Crippen LogP contribution in [0.4, 0.5) is 0 Å². The summed E-state index contributed by atoms with van der Waals surface area (Å²) in [5.41, 5.74) is -0.845. The van der Waals surface area contributed by atoms with Crippen molar-refractivity contribution in [2.45, 2.75) is 31.8 Å². The summed E-state index contributed by atoms with van der Waals surface area (Å²) < 4.78 is 0. The lowest BCUT2D eigenvalue weighted by molar-refractivity contribution is -0.138.